The molecule has 0 bridgehead atoms. The number of rotatable bonds is 4. The molecule has 3 rings (SSSR count). The van der Waals surface area contributed by atoms with Crippen molar-refractivity contribution in [3.05, 3.63) is 40.9 Å². The third-order valence-corrected chi connectivity index (χ3v) is 4.29. The van der Waals surface area contributed by atoms with E-state index in [9.17, 15) is 0 Å². The number of ether oxygens (including phenoxy) is 2. The Morgan fingerprint density at radius 3 is 2.90 bits per heavy atom. The van der Waals surface area contributed by atoms with Crippen molar-refractivity contribution in [2.24, 2.45) is 0 Å². The summed E-state index contributed by atoms with van der Waals surface area (Å²) in [5.74, 6) is 0.895. The van der Waals surface area contributed by atoms with E-state index >= 15 is 0 Å². The topological polar surface area (TPSA) is 34.6 Å². The first-order chi connectivity index (χ1) is 9.85. The molecule has 0 atom stereocenters. The Bertz CT molecular complexity index is 570. The van der Waals surface area contributed by atoms with Crippen LogP contribution in [-0.2, 0) is 11.2 Å². The molecule has 0 unspecified atom stereocenters. The van der Waals surface area contributed by atoms with Gasteiger partial charge in [0, 0.05) is 24.9 Å². The molecule has 0 spiro atoms. The normalized spacial score (nSPS) is 14.6. The number of morpholine rings is 1. The highest BCUT2D eigenvalue weighted by molar-refractivity contribution is 7.13. The summed E-state index contributed by atoms with van der Waals surface area (Å²) in [6.07, 6.45) is 0.845. The van der Waals surface area contributed by atoms with Gasteiger partial charge < -0.3 is 14.4 Å². The van der Waals surface area contributed by atoms with Crippen LogP contribution in [0.3, 0.4) is 0 Å². The molecule has 2 heterocycles. The summed E-state index contributed by atoms with van der Waals surface area (Å²) in [5, 5.41) is 3.25. The predicted octanol–water partition coefficient (Wildman–Crippen LogP) is 3.00. The van der Waals surface area contributed by atoms with E-state index in [1.54, 1.807) is 18.4 Å². The highest BCUT2D eigenvalue weighted by Crippen LogP contribution is 2.23. The van der Waals surface area contributed by atoms with Crippen LogP contribution in [-0.4, -0.2) is 38.4 Å². The average molecular weight is 327 g/mol. The second-order valence-corrected chi connectivity index (χ2v) is 5.59. The summed E-state index contributed by atoms with van der Waals surface area (Å²) in [6, 6.07) is 8.15. The Kier molecular flexibility index (Phi) is 5.85. The fourth-order valence-corrected chi connectivity index (χ4v) is 3.15. The molecule has 0 radical (unpaired) electrons. The molecule has 1 aromatic carbocycles. The lowest BCUT2D eigenvalue weighted by Crippen LogP contribution is -2.36. The minimum Gasteiger partial charge on any atom is -0.497 e. The number of thiazole rings is 1. The summed E-state index contributed by atoms with van der Waals surface area (Å²) in [7, 11) is 1.69. The van der Waals surface area contributed by atoms with Crippen molar-refractivity contribution >= 4 is 28.9 Å². The lowest BCUT2D eigenvalue weighted by atomic mass is 10.1. The number of anilines is 1. The number of halogens is 1. The summed E-state index contributed by atoms with van der Waals surface area (Å²) in [4.78, 5) is 7.03. The minimum atomic E-state index is 0. The van der Waals surface area contributed by atoms with Gasteiger partial charge in [0.15, 0.2) is 5.13 Å². The molecule has 0 amide bonds. The molecule has 0 N–H and O–H groups in total. The summed E-state index contributed by atoms with van der Waals surface area (Å²) in [5.41, 5.74) is 2.34. The third kappa shape index (κ3) is 4.09. The molecule has 1 aliphatic rings. The SMILES string of the molecule is COc1cccc(Cc2csc(N3CCOCC3)n2)c1.Cl. The van der Waals surface area contributed by atoms with E-state index in [0.717, 1.165) is 49.3 Å². The maximum atomic E-state index is 5.37. The molecule has 21 heavy (non-hydrogen) atoms. The molecular weight excluding hydrogens is 308 g/mol. The van der Waals surface area contributed by atoms with E-state index in [4.69, 9.17) is 14.5 Å². The van der Waals surface area contributed by atoms with Gasteiger partial charge in [-0.3, -0.25) is 0 Å². The van der Waals surface area contributed by atoms with E-state index in [0.29, 0.717) is 0 Å². The van der Waals surface area contributed by atoms with Crippen molar-refractivity contribution in [2.45, 2.75) is 6.42 Å². The fourth-order valence-electron chi connectivity index (χ4n) is 2.27. The van der Waals surface area contributed by atoms with Crippen molar-refractivity contribution in [2.75, 3.05) is 38.3 Å². The first-order valence-corrected chi connectivity index (χ1v) is 7.63. The van der Waals surface area contributed by atoms with E-state index in [1.807, 2.05) is 12.1 Å². The Labute approximate surface area is 135 Å². The monoisotopic (exact) mass is 326 g/mol. The van der Waals surface area contributed by atoms with Gasteiger partial charge in [-0.1, -0.05) is 12.1 Å². The van der Waals surface area contributed by atoms with Crippen LogP contribution in [0.2, 0.25) is 0 Å². The molecule has 0 saturated carbocycles. The number of aromatic nitrogens is 1. The number of nitrogens with zero attached hydrogens (tertiary/aromatic N) is 2. The Morgan fingerprint density at radius 2 is 2.14 bits per heavy atom. The average Bonchev–Trinajstić information content (AvgIpc) is 2.97. The van der Waals surface area contributed by atoms with Gasteiger partial charge in [-0.25, -0.2) is 4.98 Å². The van der Waals surface area contributed by atoms with Crippen LogP contribution in [0, 0.1) is 0 Å². The second-order valence-electron chi connectivity index (χ2n) is 4.75. The molecule has 114 valence electrons. The van der Waals surface area contributed by atoms with Crippen molar-refractivity contribution in [1.29, 1.82) is 0 Å². The lowest BCUT2D eigenvalue weighted by Gasteiger charge is -2.26. The van der Waals surface area contributed by atoms with Crippen LogP contribution >= 0.6 is 23.7 Å². The van der Waals surface area contributed by atoms with Gasteiger partial charge in [-0.2, -0.15) is 0 Å². The zero-order chi connectivity index (χ0) is 13.8. The number of benzene rings is 1. The number of methoxy groups -OCH3 is 1. The fraction of sp³-hybridized carbons (Fsp3) is 0.400. The van der Waals surface area contributed by atoms with Crippen molar-refractivity contribution in [3.63, 3.8) is 0 Å². The Hall–Kier alpha value is -1.30. The molecule has 1 aromatic heterocycles. The molecule has 2 aromatic rings. The lowest BCUT2D eigenvalue weighted by molar-refractivity contribution is 0.122. The third-order valence-electron chi connectivity index (χ3n) is 3.34. The van der Waals surface area contributed by atoms with Gasteiger partial charge in [0.2, 0.25) is 0 Å². The summed E-state index contributed by atoms with van der Waals surface area (Å²) >= 11 is 1.71. The van der Waals surface area contributed by atoms with Gasteiger partial charge in [0.05, 0.1) is 26.0 Å². The van der Waals surface area contributed by atoms with Gasteiger partial charge in [0.25, 0.3) is 0 Å². The smallest absolute Gasteiger partial charge is 0.185 e. The standard InChI is InChI=1S/C15H18N2O2S.ClH/c1-18-14-4-2-3-12(10-14)9-13-11-20-15(16-13)17-5-7-19-8-6-17;/h2-4,10-11H,5-9H2,1H3;1H. The largest absolute Gasteiger partial charge is 0.497 e. The molecular formula is C15H19ClN2O2S. The summed E-state index contributed by atoms with van der Waals surface area (Å²) < 4.78 is 10.6. The van der Waals surface area contributed by atoms with Crippen LogP contribution < -0.4 is 9.64 Å². The van der Waals surface area contributed by atoms with Gasteiger partial charge in [-0.15, -0.1) is 23.7 Å². The molecule has 0 aliphatic carbocycles. The molecule has 4 nitrogen and oxygen atoms in total. The minimum absolute atomic E-state index is 0. The maximum Gasteiger partial charge on any atom is 0.185 e. The molecule has 1 saturated heterocycles. The van der Waals surface area contributed by atoms with E-state index in [1.165, 1.54) is 5.56 Å². The number of hydrogen-bond acceptors (Lipinski definition) is 5. The predicted molar refractivity (Wildman–Crippen MR) is 88.2 cm³/mol. The van der Waals surface area contributed by atoms with Gasteiger partial charge >= 0.3 is 0 Å². The van der Waals surface area contributed by atoms with E-state index < -0.39 is 0 Å². The van der Waals surface area contributed by atoms with Crippen LogP contribution in [0.15, 0.2) is 29.6 Å². The van der Waals surface area contributed by atoms with Crippen LogP contribution in [0.5, 0.6) is 5.75 Å². The van der Waals surface area contributed by atoms with Crippen LogP contribution in [0.25, 0.3) is 0 Å². The highest BCUT2D eigenvalue weighted by atomic mass is 35.5. The van der Waals surface area contributed by atoms with E-state index in [2.05, 4.69) is 22.4 Å². The molecule has 6 heteroatoms. The maximum absolute atomic E-state index is 5.37. The Morgan fingerprint density at radius 1 is 1.33 bits per heavy atom. The van der Waals surface area contributed by atoms with Gasteiger partial charge in [0.1, 0.15) is 5.75 Å². The summed E-state index contributed by atoms with van der Waals surface area (Å²) in [6.45, 7) is 3.47. The van der Waals surface area contributed by atoms with Crippen LogP contribution in [0.4, 0.5) is 5.13 Å². The molecule has 1 aliphatic heterocycles. The van der Waals surface area contributed by atoms with Crippen molar-refractivity contribution in [3.8, 4) is 5.75 Å². The highest BCUT2D eigenvalue weighted by Gasteiger charge is 2.14. The quantitative estimate of drug-likeness (QED) is 0.865. The number of hydrogen-bond donors (Lipinski definition) is 0. The Balaban J connectivity index is 0.00000161. The second kappa shape index (κ2) is 7.64. The zero-order valence-electron chi connectivity index (χ0n) is 11.9. The first-order valence-electron chi connectivity index (χ1n) is 6.75. The first kappa shape index (κ1) is 16.1. The van der Waals surface area contributed by atoms with Crippen LogP contribution in [0.1, 0.15) is 11.3 Å². The van der Waals surface area contributed by atoms with E-state index in [-0.39, 0.29) is 12.4 Å². The van der Waals surface area contributed by atoms with Gasteiger partial charge in [-0.05, 0) is 17.7 Å². The molecule has 1 fully saturated rings. The van der Waals surface area contributed by atoms with Crippen molar-refractivity contribution in [1.82, 2.24) is 4.98 Å². The van der Waals surface area contributed by atoms with Crippen molar-refractivity contribution < 1.29 is 9.47 Å². The zero-order valence-corrected chi connectivity index (χ0v) is 13.6.